The van der Waals surface area contributed by atoms with Crippen molar-refractivity contribution in [2.24, 2.45) is 5.92 Å². The average molecular weight is 478 g/mol. The largest absolute Gasteiger partial charge is 0.416 e. The van der Waals surface area contributed by atoms with Crippen LogP contribution in [0.5, 0.6) is 0 Å². The van der Waals surface area contributed by atoms with Crippen molar-refractivity contribution in [2.45, 2.75) is 63.4 Å². The van der Waals surface area contributed by atoms with Gasteiger partial charge in [-0.3, -0.25) is 9.69 Å². The third kappa shape index (κ3) is 4.40. The average Bonchev–Trinajstić information content (AvgIpc) is 3.51. The number of nitrogens with zero attached hydrogens (tertiary/aromatic N) is 4. The Hall–Kier alpha value is -2.95. The third-order valence-corrected chi connectivity index (χ3v) is 6.82. The number of aromatic nitrogens is 2. The monoisotopic (exact) mass is 478 g/mol. The lowest BCUT2D eigenvalue weighted by Crippen LogP contribution is -2.63. The lowest BCUT2D eigenvalue weighted by molar-refractivity contribution is -0.142. The highest BCUT2D eigenvalue weighted by atomic mass is 19.4. The summed E-state index contributed by atoms with van der Waals surface area (Å²) in [6.07, 6.45) is 0.279. The molecule has 2 aliphatic heterocycles. The van der Waals surface area contributed by atoms with E-state index in [0.29, 0.717) is 19.4 Å². The molecule has 3 aliphatic rings. The summed E-state index contributed by atoms with van der Waals surface area (Å²) >= 11 is 0. The van der Waals surface area contributed by atoms with E-state index in [1.54, 1.807) is 4.90 Å². The molecule has 182 valence electrons. The summed E-state index contributed by atoms with van der Waals surface area (Å²) < 4.78 is 50.1. The fourth-order valence-electron chi connectivity index (χ4n) is 5.13. The lowest BCUT2D eigenvalue weighted by Gasteiger charge is -2.46. The second-order valence-electron chi connectivity index (χ2n) is 9.04. The molecule has 0 N–H and O–H groups in total. The van der Waals surface area contributed by atoms with Gasteiger partial charge in [0.1, 0.15) is 6.54 Å². The van der Waals surface area contributed by atoms with Crippen LogP contribution in [0.25, 0.3) is 11.4 Å². The maximum Gasteiger partial charge on any atom is 0.416 e. The number of urea groups is 1. The zero-order chi connectivity index (χ0) is 23.9. The Kier molecular flexibility index (Phi) is 6.05. The lowest BCUT2D eigenvalue weighted by atomic mass is 9.81. The minimum Gasteiger partial charge on any atom is -0.376 e. The zero-order valence-electron chi connectivity index (χ0n) is 18.5. The van der Waals surface area contributed by atoms with Crippen LogP contribution in [0.1, 0.15) is 50.0 Å². The quantitative estimate of drug-likeness (QED) is 0.638. The fourth-order valence-corrected chi connectivity index (χ4v) is 5.13. The molecule has 34 heavy (non-hydrogen) atoms. The second kappa shape index (κ2) is 9.01. The zero-order valence-corrected chi connectivity index (χ0v) is 18.5. The summed E-state index contributed by atoms with van der Waals surface area (Å²) in [7, 11) is 0. The Morgan fingerprint density at radius 3 is 2.68 bits per heavy atom. The number of hydrogen-bond acceptors (Lipinski definition) is 6. The summed E-state index contributed by atoms with van der Waals surface area (Å²) in [5.74, 6) is -0.329. The van der Waals surface area contributed by atoms with E-state index >= 15 is 0 Å². The topological polar surface area (TPSA) is 88.8 Å². The van der Waals surface area contributed by atoms with Crippen molar-refractivity contribution in [3.8, 4) is 11.4 Å². The minimum atomic E-state index is -4.49. The van der Waals surface area contributed by atoms with Crippen LogP contribution in [0.15, 0.2) is 28.8 Å². The Morgan fingerprint density at radius 1 is 1.09 bits per heavy atom. The molecule has 3 unspecified atom stereocenters. The highest BCUT2D eigenvalue weighted by molar-refractivity contribution is 5.98. The summed E-state index contributed by atoms with van der Waals surface area (Å²) in [6, 6.07) is 4.00. The number of hydrogen-bond donors (Lipinski definition) is 0. The van der Waals surface area contributed by atoms with E-state index in [4.69, 9.17) is 9.26 Å². The van der Waals surface area contributed by atoms with Gasteiger partial charge in [-0.05, 0) is 37.8 Å². The van der Waals surface area contributed by atoms with Gasteiger partial charge in [0.25, 0.3) is 0 Å². The molecular weight excluding hydrogens is 453 g/mol. The summed E-state index contributed by atoms with van der Waals surface area (Å²) in [5, 5.41) is 3.83. The third-order valence-electron chi connectivity index (χ3n) is 6.82. The molecule has 3 atom stereocenters. The van der Waals surface area contributed by atoms with Gasteiger partial charge in [-0.25, -0.2) is 4.79 Å². The summed E-state index contributed by atoms with van der Waals surface area (Å²) in [5.41, 5.74) is -0.642. The second-order valence-corrected chi connectivity index (χ2v) is 9.04. The Bertz CT molecular complexity index is 1070. The summed E-state index contributed by atoms with van der Waals surface area (Å²) in [4.78, 5) is 33.6. The normalized spacial score (nSPS) is 25.7. The number of alkyl halides is 3. The van der Waals surface area contributed by atoms with Gasteiger partial charge < -0.3 is 14.2 Å². The molecule has 1 saturated carbocycles. The van der Waals surface area contributed by atoms with E-state index in [2.05, 4.69) is 10.1 Å². The number of carbonyl (C=O) groups is 2. The van der Waals surface area contributed by atoms with Crippen LogP contribution in [0, 0.1) is 5.92 Å². The van der Waals surface area contributed by atoms with Crippen LogP contribution in [-0.4, -0.2) is 57.2 Å². The molecule has 3 fully saturated rings. The maximum absolute atomic E-state index is 13.4. The SMILES string of the molecule is O=C1C2CCCCC2N(Cc2nc(-c3cccc(C(F)(F)F)c3)no2)C(=O)N1CC1CCCO1. The van der Waals surface area contributed by atoms with Gasteiger partial charge >= 0.3 is 12.2 Å². The van der Waals surface area contributed by atoms with Crippen molar-refractivity contribution in [1.82, 2.24) is 19.9 Å². The van der Waals surface area contributed by atoms with Crippen molar-refractivity contribution in [3.63, 3.8) is 0 Å². The number of halogens is 3. The van der Waals surface area contributed by atoms with Gasteiger partial charge in [-0.1, -0.05) is 30.1 Å². The van der Waals surface area contributed by atoms with Crippen molar-refractivity contribution >= 4 is 11.9 Å². The van der Waals surface area contributed by atoms with Crippen LogP contribution in [0.2, 0.25) is 0 Å². The molecular formula is C23H25F3N4O4. The first-order chi connectivity index (χ1) is 16.3. The number of benzene rings is 1. The van der Waals surface area contributed by atoms with Crippen LogP contribution in [0.3, 0.4) is 0 Å². The van der Waals surface area contributed by atoms with Crippen LogP contribution in [0.4, 0.5) is 18.0 Å². The van der Waals surface area contributed by atoms with Gasteiger partial charge in [0.05, 0.1) is 24.1 Å². The molecule has 1 aromatic carbocycles. The Morgan fingerprint density at radius 2 is 1.91 bits per heavy atom. The summed E-state index contributed by atoms with van der Waals surface area (Å²) in [6.45, 7) is 0.828. The van der Waals surface area contributed by atoms with E-state index in [0.717, 1.165) is 37.8 Å². The molecule has 0 bridgehead atoms. The molecule has 0 spiro atoms. The molecule has 2 saturated heterocycles. The number of amides is 3. The minimum absolute atomic E-state index is 0.0121. The fraction of sp³-hybridized carbons (Fsp3) is 0.565. The highest BCUT2D eigenvalue weighted by Crippen LogP contribution is 2.36. The molecule has 11 heteroatoms. The molecule has 1 aromatic heterocycles. The van der Waals surface area contributed by atoms with E-state index in [9.17, 15) is 22.8 Å². The highest BCUT2D eigenvalue weighted by Gasteiger charge is 2.48. The predicted molar refractivity (Wildman–Crippen MR) is 112 cm³/mol. The van der Waals surface area contributed by atoms with E-state index in [1.165, 1.54) is 17.0 Å². The Balaban J connectivity index is 1.38. The first-order valence-electron chi connectivity index (χ1n) is 11.5. The number of carbonyl (C=O) groups excluding carboxylic acids is 2. The van der Waals surface area contributed by atoms with E-state index in [1.807, 2.05) is 0 Å². The van der Waals surface area contributed by atoms with Gasteiger partial charge in [-0.2, -0.15) is 18.2 Å². The molecule has 0 radical (unpaired) electrons. The van der Waals surface area contributed by atoms with Crippen LogP contribution in [-0.2, 0) is 22.3 Å². The van der Waals surface area contributed by atoms with Gasteiger partial charge in [0.2, 0.25) is 17.6 Å². The maximum atomic E-state index is 13.4. The number of ether oxygens (including phenoxy) is 1. The van der Waals surface area contributed by atoms with Gasteiger partial charge in [0.15, 0.2) is 0 Å². The number of imide groups is 1. The van der Waals surface area contributed by atoms with Crippen LogP contribution >= 0.6 is 0 Å². The van der Waals surface area contributed by atoms with E-state index in [-0.39, 0.29) is 54.3 Å². The molecule has 3 amide bonds. The first kappa shape index (κ1) is 22.8. The molecule has 8 nitrogen and oxygen atoms in total. The van der Waals surface area contributed by atoms with Crippen LogP contribution < -0.4 is 0 Å². The smallest absolute Gasteiger partial charge is 0.376 e. The first-order valence-corrected chi connectivity index (χ1v) is 11.5. The Labute approximate surface area is 194 Å². The molecule has 5 rings (SSSR count). The molecule has 2 aromatic rings. The predicted octanol–water partition coefficient (Wildman–Crippen LogP) is 4.26. The van der Waals surface area contributed by atoms with Gasteiger partial charge in [-0.15, -0.1) is 0 Å². The standard InChI is InChI=1S/C23H25F3N4O4/c24-23(25,26)15-6-3-5-14(11-15)20-27-19(34-28-20)13-29-18-9-2-1-8-17(18)21(31)30(22(29)32)12-16-7-4-10-33-16/h3,5-6,11,16-18H,1-2,4,7-10,12-13H2. The van der Waals surface area contributed by atoms with Crippen molar-refractivity contribution in [3.05, 3.63) is 35.7 Å². The van der Waals surface area contributed by atoms with Crippen molar-refractivity contribution in [1.29, 1.82) is 0 Å². The number of fused-ring (bicyclic) bond motifs is 1. The number of rotatable bonds is 5. The van der Waals surface area contributed by atoms with Gasteiger partial charge in [0, 0.05) is 18.2 Å². The molecule has 1 aliphatic carbocycles. The van der Waals surface area contributed by atoms with E-state index < -0.39 is 17.8 Å². The van der Waals surface area contributed by atoms with Crippen molar-refractivity contribution < 1.29 is 32.0 Å². The molecule has 3 heterocycles. The van der Waals surface area contributed by atoms with Crippen molar-refractivity contribution in [2.75, 3.05) is 13.2 Å².